The summed E-state index contributed by atoms with van der Waals surface area (Å²) in [5.74, 6) is -0.248. The first-order valence-electron chi connectivity index (χ1n) is 11.0. The van der Waals surface area contributed by atoms with Crippen LogP contribution >= 0.6 is 11.3 Å². The van der Waals surface area contributed by atoms with Crippen LogP contribution in [0.15, 0.2) is 66.2 Å². The first-order valence-corrected chi connectivity index (χ1v) is 11.9. The lowest BCUT2D eigenvalue weighted by Crippen LogP contribution is -2.49. The van der Waals surface area contributed by atoms with Gasteiger partial charge in [-0.3, -0.25) is 9.48 Å². The largest absolute Gasteiger partial charge is 0.465 e. The van der Waals surface area contributed by atoms with Gasteiger partial charge in [0.05, 0.1) is 22.2 Å². The van der Waals surface area contributed by atoms with Crippen LogP contribution in [0.5, 0.6) is 0 Å². The van der Waals surface area contributed by atoms with Crippen molar-refractivity contribution in [3.63, 3.8) is 0 Å². The van der Waals surface area contributed by atoms with Crippen molar-refractivity contribution >= 4 is 34.1 Å². The molecule has 1 unspecified atom stereocenters. The monoisotopic (exact) mass is 476 g/mol. The number of fused-ring (bicyclic) bond motifs is 1. The van der Waals surface area contributed by atoms with E-state index in [4.69, 9.17) is 0 Å². The van der Waals surface area contributed by atoms with Crippen molar-refractivity contribution < 1.29 is 14.7 Å². The second-order valence-electron chi connectivity index (χ2n) is 9.20. The van der Waals surface area contributed by atoms with E-state index in [0.717, 1.165) is 26.9 Å². The highest BCUT2D eigenvalue weighted by Gasteiger charge is 2.31. The van der Waals surface area contributed by atoms with E-state index in [2.05, 4.69) is 10.4 Å². The van der Waals surface area contributed by atoms with Gasteiger partial charge in [-0.2, -0.15) is 5.10 Å². The van der Waals surface area contributed by atoms with E-state index >= 15 is 0 Å². The molecule has 2 aromatic heterocycles. The number of nitrogens with one attached hydrogen (secondary N) is 1. The summed E-state index contributed by atoms with van der Waals surface area (Å²) in [6.07, 6.45) is 0.694. The Morgan fingerprint density at radius 2 is 1.88 bits per heavy atom. The van der Waals surface area contributed by atoms with Crippen molar-refractivity contribution in [1.29, 1.82) is 0 Å². The summed E-state index contributed by atoms with van der Waals surface area (Å²) in [4.78, 5) is 27.8. The van der Waals surface area contributed by atoms with Crippen LogP contribution in [0.4, 0.5) is 4.79 Å². The minimum Gasteiger partial charge on any atom is -0.465 e. The number of carboxylic acid groups (broad SMARTS) is 1. The smallest absolute Gasteiger partial charge is 0.407 e. The van der Waals surface area contributed by atoms with Crippen LogP contribution in [-0.2, 0) is 7.05 Å². The van der Waals surface area contributed by atoms with Crippen molar-refractivity contribution in [2.75, 3.05) is 6.54 Å². The second kappa shape index (κ2) is 9.30. The summed E-state index contributed by atoms with van der Waals surface area (Å²) in [6, 6.07) is 17.0. The zero-order valence-corrected chi connectivity index (χ0v) is 20.5. The molecule has 0 fully saturated rings. The molecule has 0 saturated carbocycles. The number of aromatic nitrogens is 2. The third kappa shape index (κ3) is 4.82. The number of carbonyl (C=O) groups is 2. The highest BCUT2D eigenvalue weighted by Crippen LogP contribution is 2.29. The zero-order chi connectivity index (χ0) is 24.5. The molecule has 4 aromatic rings. The van der Waals surface area contributed by atoms with E-state index in [9.17, 15) is 14.7 Å². The maximum absolute atomic E-state index is 13.3. The fourth-order valence-electron chi connectivity index (χ4n) is 4.04. The van der Waals surface area contributed by atoms with Crippen molar-refractivity contribution in [1.82, 2.24) is 20.0 Å². The number of aryl methyl sites for hydroxylation is 1. The van der Waals surface area contributed by atoms with E-state index in [-0.39, 0.29) is 12.5 Å². The molecule has 0 aliphatic rings. The van der Waals surface area contributed by atoms with Gasteiger partial charge in [-0.1, -0.05) is 42.5 Å². The highest BCUT2D eigenvalue weighted by molar-refractivity contribution is 7.13. The molecular weight excluding hydrogens is 448 g/mol. The molecule has 176 valence electrons. The second-order valence-corrected chi connectivity index (χ2v) is 10.1. The maximum Gasteiger partial charge on any atom is 0.407 e. The molecule has 0 saturated heterocycles. The molecule has 4 rings (SSSR count). The lowest BCUT2D eigenvalue weighted by molar-refractivity contribution is 0.0823. The molecule has 2 N–H and O–H groups in total. The van der Waals surface area contributed by atoms with E-state index in [1.807, 2.05) is 87.8 Å². The first kappa shape index (κ1) is 23.5. The fraction of sp³-hybridized carbons (Fsp3) is 0.269. The SMILES string of the molecule is Cn1nccc1-c1cc(C(=O)NC(CN(C(=O)O)C(C)(C)C)c2cccc3ccccc23)cs1. The number of nitrogens with zero attached hydrogens (tertiary/aromatic N) is 3. The van der Waals surface area contributed by atoms with Gasteiger partial charge in [0.25, 0.3) is 5.91 Å². The Bertz CT molecular complexity index is 1330. The molecule has 0 bridgehead atoms. The van der Waals surface area contributed by atoms with E-state index < -0.39 is 17.7 Å². The van der Waals surface area contributed by atoms with Gasteiger partial charge >= 0.3 is 6.09 Å². The summed E-state index contributed by atoms with van der Waals surface area (Å²) >= 11 is 1.47. The van der Waals surface area contributed by atoms with Crippen LogP contribution in [-0.4, -0.2) is 43.9 Å². The normalized spacial score (nSPS) is 12.5. The fourth-order valence-corrected chi connectivity index (χ4v) is 4.99. The van der Waals surface area contributed by atoms with E-state index in [0.29, 0.717) is 5.56 Å². The predicted molar refractivity (Wildman–Crippen MR) is 135 cm³/mol. The van der Waals surface area contributed by atoms with Crippen molar-refractivity contribution in [3.05, 3.63) is 77.3 Å². The summed E-state index contributed by atoms with van der Waals surface area (Å²) in [5.41, 5.74) is 1.71. The Balaban J connectivity index is 1.70. The van der Waals surface area contributed by atoms with Gasteiger partial charge < -0.3 is 15.3 Å². The Morgan fingerprint density at radius 3 is 2.56 bits per heavy atom. The molecule has 2 aromatic carbocycles. The van der Waals surface area contributed by atoms with Gasteiger partial charge in [0.1, 0.15) is 0 Å². The third-order valence-electron chi connectivity index (χ3n) is 5.84. The molecule has 7 nitrogen and oxygen atoms in total. The number of hydrogen-bond acceptors (Lipinski definition) is 4. The number of thiophene rings is 1. The molecule has 2 amide bonds. The molecular formula is C26H28N4O3S. The van der Waals surface area contributed by atoms with Gasteiger partial charge in [0.15, 0.2) is 0 Å². The molecule has 1 atom stereocenters. The van der Waals surface area contributed by atoms with Crippen LogP contribution in [0.3, 0.4) is 0 Å². The van der Waals surface area contributed by atoms with Crippen LogP contribution in [0.2, 0.25) is 0 Å². The van der Waals surface area contributed by atoms with Crippen LogP contribution in [0.1, 0.15) is 42.7 Å². The van der Waals surface area contributed by atoms with Crippen molar-refractivity contribution in [2.45, 2.75) is 32.4 Å². The summed E-state index contributed by atoms with van der Waals surface area (Å²) < 4.78 is 1.76. The van der Waals surface area contributed by atoms with Crippen molar-refractivity contribution in [3.8, 4) is 10.6 Å². The lowest BCUT2D eigenvalue weighted by Gasteiger charge is -2.36. The summed E-state index contributed by atoms with van der Waals surface area (Å²) in [7, 11) is 1.86. The third-order valence-corrected chi connectivity index (χ3v) is 6.80. The summed E-state index contributed by atoms with van der Waals surface area (Å²) in [5, 5.41) is 21.1. The maximum atomic E-state index is 13.3. The number of hydrogen-bond donors (Lipinski definition) is 2. The molecule has 0 radical (unpaired) electrons. The van der Waals surface area contributed by atoms with Crippen LogP contribution in [0.25, 0.3) is 21.3 Å². The first-order chi connectivity index (χ1) is 16.1. The molecule has 8 heteroatoms. The average Bonchev–Trinajstić information content (AvgIpc) is 3.44. The minimum atomic E-state index is -1.03. The number of benzene rings is 2. The topological polar surface area (TPSA) is 87.5 Å². The van der Waals surface area contributed by atoms with Gasteiger partial charge in [-0.15, -0.1) is 11.3 Å². The van der Waals surface area contributed by atoms with E-state index in [1.165, 1.54) is 16.2 Å². The molecule has 34 heavy (non-hydrogen) atoms. The highest BCUT2D eigenvalue weighted by atomic mass is 32.1. The summed E-state index contributed by atoms with van der Waals surface area (Å²) in [6.45, 7) is 5.67. The van der Waals surface area contributed by atoms with Gasteiger partial charge in [-0.05, 0) is 49.2 Å². The van der Waals surface area contributed by atoms with Gasteiger partial charge in [0, 0.05) is 30.7 Å². The predicted octanol–water partition coefficient (Wildman–Crippen LogP) is 5.55. The number of amides is 2. The van der Waals surface area contributed by atoms with Gasteiger partial charge in [0.2, 0.25) is 0 Å². The lowest BCUT2D eigenvalue weighted by atomic mass is 9.96. The Labute approximate surface area is 202 Å². The molecule has 0 aliphatic carbocycles. The Hall–Kier alpha value is -3.65. The van der Waals surface area contributed by atoms with Crippen LogP contribution in [0, 0.1) is 0 Å². The zero-order valence-electron chi connectivity index (χ0n) is 19.6. The number of rotatable bonds is 6. The molecule has 0 spiro atoms. The average molecular weight is 477 g/mol. The Morgan fingerprint density at radius 1 is 1.15 bits per heavy atom. The minimum absolute atomic E-state index is 0.122. The number of carbonyl (C=O) groups excluding carboxylic acids is 1. The van der Waals surface area contributed by atoms with E-state index in [1.54, 1.807) is 10.9 Å². The molecule has 2 heterocycles. The van der Waals surface area contributed by atoms with Gasteiger partial charge in [-0.25, -0.2) is 4.79 Å². The Kier molecular flexibility index (Phi) is 6.43. The van der Waals surface area contributed by atoms with Crippen LogP contribution < -0.4 is 5.32 Å². The molecule has 0 aliphatic heterocycles. The quantitative estimate of drug-likeness (QED) is 0.382. The van der Waals surface area contributed by atoms with Crippen molar-refractivity contribution in [2.24, 2.45) is 7.05 Å². The standard InChI is InChI=1S/C26H28N4O3S/c1-26(2,3)30(25(32)33)15-21(20-11-7-9-17-8-5-6-10-19(17)20)28-24(31)18-14-23(34-16-18)22-12-13-27-29(22)4/h5-14,16,21H,15H2,1-4H3,(H,28,31)(H,32,33).